The fraction of sp³-hybridized carbons (Fsp3) is 0.385. The molecular weight excluding hydrogens is 214 g/mol. The first-order chi connectivity index (χ1) is 8.16. The summed E-state index contributed by atoms with van der Waals surface area (Å²) in [5.41, 5.74) is 2.22. The maximum absolute atomic E-state index is 5.46. The number of rotatable bonds is 4. The fourth-order valence-corrected chi connectivity index (χ4v) is 1.51. The SMILES string of the molecule is Cc1ccccc1-c1nc(OCC(C)C)n[nH]1. The summed E-state index contributed by atoms with van der Waals surface area (Å²) in [5, 5.41) is 6.95. The minimum Gasteiger partial charge on any atom is -0.462 e. The monoisotopic (exact) mass is 231 g/mol. The normalized spacial score (nSPS) is 10.8. The van der Waals surface area contributed by atoms with Crippen LogP contribution >= 0.6 is 0 Å². The van der Waals surface area contributed by atoms with Crippen molar-refractivity contribution in [2.24, 2.45) is 5.92 Å². The van der Waals surface area contributed by atoms with Crippen LogP contribution in [0.3, 0.4) is 0 Å². The highest BCUT2D eigenvalue weighted by Crippen LogP contribution is 2.20. The van der Waals surface area contributed by atoms with E-state index in [-0.39, 0.29) is 0 Å². The third kappa shape index (κ3) is 2.84. The molecule has 0 aliphatic rings. The quantitative estimate of drug-likeness (QED) is 0.880. The highest BCUT2D eigenvalue weighted by atomic mass is 16.5. The summed E-state index contributed by atoms with van der Waals surface area (Å²) in [6.45, 7) is 6.86. The second-order valence-corrected chi connectivity index (χ2v) is 4.49. The lowest BCUT2D eigenvalue weighted by atomic mass is 10.1. The van der Waals surface area contributed by atoms with Crippen LogP contribution in [0.4, 0.5) is 0 Å². The minimum absolute atomic E-state index is 0.414. The van der Waals surface area contributed by atoms with Crippen LogP contribution in [0.2, 0.25) is 0 Å². The van der Waals surface area contributed by atoms with Gasteiger partial charge in [-0.15, -0.1) is 5.10 Å². The number of H-pyrrole nitrogens is 1. The zero-order valence-electron chi connectivity index (χ0n) is 10.4. The van der Waals surface area contributed by atoms with Crippen LogP contribution in [0.5, 0.6) is 6.01 Å². The second-order valence-electron chi connectivity index (χ2n) is 4.49. The third-order valence-corrected chi connectivity index (χ3v) is 2.41. The number of hydrogen-bond acceptors (Lipinski definition) is 3. The maximum atomic E-state index is 5.46. The number of aromatic amines is 1. The van der Waals surface area contributed by atoms with Crippen molar-refractivity contribution in [1.82, 2.24) is 15.2 Å². The van der Waals surface area contributed by atoms with E-state index >= 15 is 0 Å². The van der Waals surface area contributed by atoms with Crippen LogP contribution in [0.1, 0.15) is 19.4 Å². The van der Waals surface area contributed by atoms with Crippen molar-refractivity contribution in [3.8, 4) is 17.4 Å². The van der Waals surface area contributed by atoms with E-state index in [4.69, 9.17) is 4.74 Å². The van der Waals surface area contributed by atoms with Crippen molar-refractivity contribution >= 4 is 0 Å². The largest absolute Gasteiger partial charge is 0.462 e. The number of benzene rings is 1. The summed E-state index contributed by atoms with van der Waals surface area (Å²) < 4.78 is 5.46. The summed E-state index contributed by atoms with van der Waals surface area (Å²) in [4.78, 5) is 4.32. The van der Waals surface area contributed by atoms with Gasteiger partial charge in [-0.1, -0.05) is 38.1 Å². The summed E-state index contributed by atoms with van der Waals surface area (Å²) in [5.74, 6) is 1.22. The second kappa shape index (κ2) is 4.99. The van der Waals surface area contributed by atoms with Gasteiger partial charge < -0.3 is 4.74 Å². The molecule has 2 aromatic rings. The van der Waals surface area contributed by atoms with Gasteiger partial charge in [0.25, 0.3) is 0 Å². The Kier molecular flexibility index (Phi) is 3.42. The van der Waals surface area contributed by atoms with Gasteiger partial charge in [-0.3, -0.25) is 5.10 Å². The Morgan fingerprint density at radius 2 is 2.06 bits per heavy atom. The lowest BCUT2D eigenvalue weighted by Gasteiger charge is -2.03. The Morgan fingerprint density at radius 3 is 2.76 bits per heavy atom. The molecule has 0 aliphatic heterocycles. The molecule has 2 rings (SSSR count). The molecular formula is C13H17N3O. The zero-order valence-corrected chi connectivity index (χ0v) is 10.4. The number of aromatic nitrogens is 3. The number of ether oxygens (including phenoxy) is 1. The Morgan fingerprint density at radius 1 is 1.29 bits per heavy atom. The van der Waals surface area contributed by atoms with Crippen molar-refractivity contribution in [1.29, 1.82) is 0 Å². The van der Waals surface area contributed by atoms with Gasteiger partial charge in [0.15, 0.2) is 5.82 Å². The molecule has 0 fully saturated rings. The van der Waals surface area contributed by atoms with E-state index in [1.165, 1.54) is 5.56 Å². The van der Waals surface area contributed by atoms with Gasteiger partial charge in [0.05, 0.1) is 6.61 Å². The van der Waals surface area contributed by atoms with Crippen LogP contribution in [0.15, 0.2) is 24.3 Å². The number of hydrogen-bond donors (Lipinski definition) is 1. The zero-order chi connectivity index (χ0) is 12.3. The first-order valence-electron chi connectivity index (χ1n) is 5.78. The lowest BCUT2D eigenvalue weighted by molar-refractivity contribution is 0.252. The van der Waals surface area contributed by atoms with Crippen LogP contribution in [0.25, 0.3) is 11.4 Å². The first-order valence-corrected chi connectivity index (χ1v) is 5.78. The van der Waals surface area contributed by atoms with E-state index in [0.717, 1.165) is 11.4 Å². The van der Waals surface area contributed by atoms with E-state index in [0.29, 0.717) is 18.5 Å². The number of aryl methyl sites for hydroxylation is 1. The Balaban J connectivity index is 2.16. The molecule has 1 aromatic carbocycles. The molecule has 1 heterocycles. The number of nitrogens with zero attached hydrogens (tertiary/aromatic N) is 2. The van der Waals surface area contributed by atoms with E-state index < -0.39 is 0 Å². The molecule has 0 saturated carbocycles. The lowest BCUT2D eigenvalue weighted by Crippen LogP contribution is -2.05. The summed E-state index contributed by atoms with van der Waals surface area (Å²) in [6, 6.07) is 8.47. The van der Waals surface area contributed by atoms with Crippen LogP contribution in [-0.4, -0.2) is 21.8 Å². The molecule has 1 aromatic heterocycles. The smallest absolute Gasteiger partial charge is 0.335 e. The predicted octanol–water partition coefficient (Wildman–Crippen LogP) is 2.81. The van der Waals surface area contributed by atoms with E-state index in [2.05, 4.69) is 29.0 Å². The van der Waals surface area contributed by atoms with Gasteiger partial charge in [-0.25, -0.2) is 0 Å². The molecule has 90 valence electrons. The molecule has 0 saturated heterocycles. The predicted molar refractivity (Wildman–Crippen MR) is 66.9 cm³/mol. The van der Waals surface area contributed by atoms with Gasteiger partial charge in [-0.05, 0) is 18.4 Å². The van der Waals surface area contributed by atoms with Crippen molar-refractivity contribution in [2.75, 3.05) is 6.61 Å². The molecule has 17 heavy (non-hydrogen) atoms. The minimum atomic E-state index is 0.414. The van der Waals surface area contributed by atoms with Crippen LogP contribution < -0.4 is 4.74 Å². The van der Waals surface area contributed by atoms with Crippen molar-refractivity contribution in [3.63, 3.8) is 0 Å². The van der Waals surface area contributed by atoms with Gasteiger partial charge in [0.2, 0.25) is 0 Å². The van der Waals surface area contributed by atoms with Gasteiger partial charge in [-0.2, -0.15) is 4.98 Å². The van der Waals surface area contributed by atoms with Gasteiger partial charge in [0.1, 0.15) is 0 Å². The fourth-order valence-electron chi connectivity index (χ4n) is 1.51. The van der Waals surface area contributed by atoms with Gasteiger partial charge in [0, 0.05) is 5.56 Å². The molecule has 0 spiro atoms. The first kappa shape index (κ1) is 11.6. The summed E-state index contributed by atoms with van der Waals surface area (Å²) in [6.07, 6.45) is 0. The Bertz CT molecular complexity index is 491. The summed E-state index contributed by atoms with van der Waals surface area (Å²) >= 11 is 0. The molecule has 4 heteroatoms. The highest BCUT2D eigenvalue weighted by molar-refractivity contribution is 5.59. The average Bonchev–Trinajstić information content (AvgIpc) is 2.75. The number of nitrogens with one attached hydrogen (secondary N) is 1. The molecule has 4 nitrogen and oxygen atoms in total. The van der Waals surface area contributed by atoms with E-state index in [9.17, 15) is 0 Å². The molecule has 0 aliphatic carbocycles. The molecule has 0 bridgehead atoms. The molecule has 0 amide bonds. The van der Waals surface area contributed by atoms with Crippen LogP contribution in [-0.2, 0) is 0 Å². The highest BCUT2D eigenvalue weighted by Gasteiger charge is 2.08. The standard InChI is InChI=1S/C13H17N3O/c1-9(2)8-17-13-14-12(15-16-13)11-7-5-4-6-10(11)3/h4-7,9H,8H2,1-3H3,(H,14,15,16). The van der Waals surface area contributed by atoms with Crippen molar-refractivity contribution in [3.05, 3.63) is 29.8 Å². The topological polar surface area (TPSA) is 50.8 Å². The van der Waals surface area contributed by atoms with Gasteiger partial charge >= 0.3 is 6.01 Å². The van der Waals surface area contributed by atoms with E-state index in [1.54, 1.807) is 0 Å². The molecule has 0 unspecified atom stereocenters. The van der Waals surface area contributed by atoms with Crippen molar-refractivity contribution < 1.29 is 4.74 Å². The Labute approximate surface area is 101 Å². The maximum Gasteiger partial charge on any atom is 0.335 e. The van der Waals surface area contributed by atoms with Crippen molar-refractivity contribution in [2.45, 2.75) is 20.8 Å². The molecule has 1 N–H and O–H groups in total. The van der Waals surface area contributed by atoms with E-state index in [1.807, 2.05) is 31.2 Å². The Hall–Kier alpha value is -1.84. The average molecular weight is 231 g/mol. The molecule has 0 atom stereocenters. The third-order valence-electron chi connectivity index (χ3n) is 2.41. The summed E-state index contributed by atoms with van der Waals surface area (Å²) in [7, 11) is 0. The van der Waals surface area contributed by atoms with Crippen LogP contribution in [0, 0.1) is 12.8 Å². The molecule has 0 radical (unpaired) electrons.